The van der Waals surface area contributed by atoms with E-state index in [2.05, 4.69) is 18.7 Å². The molecule has 2 atom stereocenters. The Labute approximate surface area is 97.5 Å². The maximum Gasteiger partial charge on any atom is 0.237 e. The number of hydrogen-bond donors (Lipinski definition) is 0. The second kappa shape index (κ2) is 4.72. The van der Waals surface area contributed by atoms with Crippen LogP contribution in [-0.4, -0.2) is 61.1 Å². The van der Waals surface area contributed by atoms with E-state index >= 15 is 0 Å². The van der Waals surface area contributed by atoms with Crippen molar-refractivity contribution >= 4 is 5.91 Å². The quantitative estimate of drug-likeness (QED) is 0.705. The van der Waals surface area contributed by atoms with Crippen molar-refractivity contribution in [3.05, 3.63) is 0 Å². The lowest BCUT2D eigenvalue weighted by atomic mass is 10.00. The van der Waals surface area contributed by atoms with Crippen molar-refractivity contribution in [3.8, 4) is 0 Å². The number of hydrogen-bond acceptors (Lipinski definition) is 3. The molecule has 16 heavy (non-hydrogen) atoms. The summed E-state index contributed by atoms with van der Waals surface area (Å²) >= 11 is 0. The fourth-order valence-corrected chi connectivity index (χ4v) is 2.69. The molecule has 92 valence electrons. The fourth-order valence-electron chi connectivity index (χ4n) is 2.69. The molecule has 2 unspecified atom stereocenters. The molecule has 2 rings (SSSR count). The zero-order valence-corrected chi connectivity index (χ0v) is 10.5. The number of rotatable bonds is 3. The molecule has 2 aliphatic heterocycles. The highest BCUT2D eigenvalue weighted by Gasteiger charge is 2.40. The predicted octanol–water partition coefficient (Wildman–Crippen LogP) is 0.574. The van der Waals surface area contributed by atoms with Crippen LogP contribution in [0.1, 0.15) is 20.3 Å². The molecular formula is C12H22N2O2. The normalized spacial score (nSPS) is 31.2. The summed E-state index contributed by atoms with van der Waals surface area (Å²) < 4.78 is 5.69. The van der Waals surface area contributed by atoms with Crippen LogP contribution in [0.15, 0.2) is 0 Å². The van der Waals surface area contributed by atoms with Crippen LogP contribution in [0.2, 0.25) is 0 Å². The minimum Gasteiger partial charge on any atom is -0.378 e. The third-order valence-electron chi connectivity index (χ3n) is 3.55. The van der Waals surface area contributed by atoms with E-state index in [0.717, 1.165) is 26.1 Å². The van der Waals surface area contributed by atoms with E-state index in [1.807, 2.05) is 11.9 Å². The van der Waals surface area contributed by atoms with E-state index in [-0.39, 0.29) is 12.0 Å². The molecule has 0 N–H and O–H groups in total. The number of nitrogens with zero attached hydrogens (tertiary/aromatic N) is 2. The standard InChI is InChI=1S/C12H22N2O2/c1-9(2)16-8-10-4-5-14-11(10)6-13(3)7-12(14)15/h9-11H,4-8H2,1-3H3. The number of fused-ring (bicyclic) bond motifs is 1. The minimum atomic E-state index is 0.283. The van der Waals surface area contributed by atoms with Gasteiger partial charge in [-0.1, -0.05) is 0 Å². The lowest BCUT2D eigenvalue weighted by molar-refractivity contribution is -0.138. The van der Waals surface area contributed by atoms with E-state index in [1.165, 1.54) is 0 Å². The van der Waals surface area contributed by atoms with Crippen LogP contribution in [0, 0.1) is 5.92 Å². The third kappa shape index (κ3) is 2.38. The molecule has 0 spiro atoms. The van der Waals surface area contributed by atoms with Gasteiger partial charge < -0.3 is 9.64 Å². The topological polar surface area (TPSA) is 32.8 Å². The van der Waals surface area contributed by atoms with Gasteiger partial charge in [0.25, 0.3) is 0 Å². The summed E-state index contributed by atoms with van der Waals surface area (Å²) in [7, 11) is 2.02. The van der Waals surface area contributed by atoms with Crippen molar-refractivity contribution in [1.29, 1.82) is 0 Å². The van der Waals surface area contributed by atoms with Gasteiger partial charge in [-0.3, -0.25) is 9.69 Å². The molecule has 0 aromatic carbocycles. The average molecular weight is 226 g/mol. The molecule has 2 saturated heterocycles. The van der Waals surface area contributed by atoms with Crippen molar-refractivity contribution in [2.24, 2.45) is 5.92 Å². The largest absolute Gasteiger partial charge is 0.378 e. The molecule has 0 aromatic rings. The number of ether oxygens (including phenoxy) is 1. The molecule has 0 radical (unpaired) electrons. The van der Waals surface area contributed by atoms with Gasteiger partial charge in [-0.15, -0.1) is 0 Å². The first-order valence-corrected chi connectivity index (χ1v) is 6.17. The summed E-state index contributed by atoms with van der Waals surface area (Å²) in [4.78, 5) is 16.0. The first kappa shape index (κ1) is 11.9. The molecule has 0 saturated carbocycles. The van der Waals surface area contributed by atoms with Crippen LogP contribution in [0.5, 0.6) is 0 Å². The van der Waals surface area contributed by atoms with Crippen molar-refractivity contribution < 1.29 is 9.53 Å². The van der Waals surface area contributed by atoms with Crippen molar-refractivity contribution in [3.63, 3.8) is 0 Å². The van der Waals surface area contributed by atoms with Gasteiger partial charge in [0.05, 0.1) is 19.3 Å². The number of piperazine rings is 1. The summed E-state index contributed by atoms with van der Waals surface area (Å²) in [5, 5.41) is 0. The number of amides is 1. The van der Waals surface area contributed by atoms with E-state index < -0.39 is 0 Å². The minimum absolute atomic E-state index is 0.283. The van der Waals surface area contributed by atoms with Gasteiger partial charge in [0.15, 0.2) is 0 Å². The Kier molecular flexibility index (Phi) is 3.50. The lowest BCUT2D eigenvalue weighted by Crippen LogP contribution is -2.54. The number of likely N-dealkylation sites (N-methyl/N-ethyl adjacent to an activating group) is 1. The maximum atomic E-state index is 11.8. The Morgan fingerprint density at radius 2 is 2.25 bits per heavy atom. The third-order valence-corrected chi connectivity index (χ3v) is 3.55. The van der Waals surface area contributed by atoms with Crippen LogP contribution < -0.4 is 0 Å². The molecule has 4 nitrogen and oxygen atoms in total. The molecule has 1 amide bonds. The summed E-state index contributed by atoms with van der Waals surface area (Å²) in [6, 6.07) is 0.380. The van der Waals surface area contributed by atoms with E-state index in [1.54, 1.807) is 0 Å². The fraction of sp³-hybridized carbons (Fsp3) is 0.917. The molecule has 4 heteroatoms. The predicted molar refractivity (Wildman–Crippen MR) is 62.2 cm³/mol. The summed E-state index contributed by atoms with van der Waals surface area (Å²) in [5.74, 6) is 0.805. The molecule has 0 bridgehead atoms. The smallest absolute Gasteiger partial charge is 0.237 e. The molecule has 2 aliphatic rings. The van der Waals surface area contributed by atoms with Crippen LogP contribution in [0.4, 0.5) is 0 Å². The second-order valence-electron chi connectivity index (χ2n) is 5.28. The Balaban J connectivity index is 1.94. The summed E-state index contributed by atoms with van der Waals surface area (Å²) in [5.41, 5.74) is 0. The van der Waals surface area contributed by atoms with E-state index in [0.29, 0.717) is 18.5 Å². The van der Waals surface area contributed by atoms with Gasteiger partial charge in [0.2, 0.25) is 5.91 Å². The summed E-state index contributed by atoms with van der Waals surface area (Å²) in [6.45, 7) is 7.41. The second-order valence-corrected chi connectivity index (χ2v) is 5.28. The SMILES string of the molecule is CC(C)OCC1CCN2C(=O)CN(C)CC12. The Hall–Kier alpha value is -0.610. The van der Waals surface area contributed by atoms with Crippen LogP contribution in [-0.2, 0) is 9.53 Å². The Morgan fingerprint density at radius 3 is 2.94 bits per heavy atom. The van der Waals surface area contributed by atoms with Gasteiger partial charge in [0, 0.05) is 25.0 Å². The van der Waals surface area contributed by atoms with Gasteiger partial charge in [0.1, 0.15) is 0 Å². The highest BCUT2D eigenvalue weighted by Crippen LogP contribution is 2.28. The van der Waals surface area contributed by atoms with E-state index in [9.17, 15) is 4.79 Å². The maximum absolute atomic E-state index is 11.8. The first-order valence-electron chi connectivity index (χ1n) is 6.17. The van der Waals surface area contributed by atoms with Crippen molar-refractivity contribution in [2.45, 2.75) is 32.4 Å². The average Bonchev–Trinajstić information content (AvgIpc) is 2.58. The van der Waals surface area contributed by atoms with Gasteiger partial charge in [-0.25, -0.2) is 0 Å². The zero-order chi connectivity index (χ0) is 11.7. The Morgan fingerprint density at radius 1 is 1.50 bits per heavy atom. The van der Waals surface area contributed by atoms with Crippen LogP contribution in [0.3, 0.4) is 0 Å². The molecular weight excluding hydrogens is 204 g/mol. The van der Waals surface area contributed by atoms with E-state index in [4.69, 9.17) is 4.74 Å². The number of carbonyl (C=O) groups excluding carboxylic acids is 1. The summed E-state index contributed by atoms with van der Waals surface area (Å²) in [6.07, 6.45) is 1.38. The molecule has 2 fully saturated rings. The van der Waals surface area contributed by atoms with Crippen LogP contribution in [0.25, 0.3) is 0 Å². The first-order chi connectivity index (χ1) is 7.58. The molecule has 0 aliphatic carbocycles. The van der Waals surface area contributed by atoms with Crippen molar-refractivity contribution in [1.82, 2.24) is 9.80 Å². The highest BCUT2D eigenvalue weighted by atomic mass is 16.5. The Bertz CT molecular complexity index is 268. The number of carbonyl (C=O) groups is 1. The zero-order valence-electron chi connectivity index (χ0n) is 10.5. The van der Waals surface area contributed by atoms with Crippen LogP contribution >= 0.6 is 0 Å². The highest BCUT2D eigenvalue weighted by molar-refractivity contribution is 5.79. The molecule has 0 aromatic heterocycles. The monoisotopic (exact) mass is 226 g/mol. The van der Waals surface area contributed by atoms with Gasteiger partial charge in [-0.2, -0.15) is 0 Å². The van der Waals surface area contributed by atoms with Gasteiger partial charge >= 0.3 is 0 Å². The van der Waals surface area contributed by atoms with Crippen molar-refractivity contribution in [2.75, 3.05) is 33.3 Å². The molecule has 2 heterocycles. The lowest BCUT2D eigenvalue weighted by Gasteiger charge is -2.37. The van der Waals surface area contributed by atoms with Gasteiger partial charge in [-0.05, 0) is 27.3 Å².